The molecule has 1 unspecified atom stereocenters. The van der Waals surface area contributed by atoms with Crippen LogP contribution in [0.3, 0.4) is 0 Å². The molecule has 0 radical (unpaired) electrons. The van der Waals surface area contributed by atoms with Crippen LogP contribution in [-0.4, -0.2) is 23.2 Å². The van der Waals surface area contributed by atoms with Gasteiger partial charge in [0.15, 0.2) is 0 Å². The van der Waals surface area contributed by atoms with E-state index in [-0.39, 0.29) is 6.61 Å². The summed E-state index contributed by atoms with van der Waals surface area (Å²) in [5.74, 6) is 2.55. The zero-order valence-electron chi connectivity index (χ0n) is 11.7. The lowest BCUT2D eigenvalue weighted by molar-refractivity contribution is 0.281. The van der Waals surface area contributed by atoms with Crippen molar-refractivity contribution in [2.24, 2.45) is 11.8 Å². The molecule has 1 N–H and O–H groups in total. The van der Waals surface area contributed by atoms with Crippen molar-refractivity contribution >= 4 is 5.82 Å². The van der Waals surface area contributed by atoms with Crippen LogP contribution in [0.1, 0.15) is 38.4 Å². The predicted molar refractivity (Wildman–Crippen MR) is 74.7 cm³/mol. The van der Waals surface area contributed by atoms with Gasteiger partial charge in [0.2, 0.25) is 0 Å². The van der Waals surface area contributed by atoms with Crippen LogP contribution < -0.4 is 4.90 Å². The Bertz CT molecular complexity index is 381. The predicted octanol–water partition coefficient (Wildman–Crippen LogP) is 2.62. The molecule has 3 heteroatoms. The molecule has 3 nitrogen and oxygen atoms in total. The van der Waals surface area contributed by atoms with Crippen molar-refractivity contribution in [1.29, 1.82) is 0 Å². The fourth-order valence-electron chi connectivity index (χ4n) is 2.61. The molecule has 1 aliphatic rings. The first-order valence-electron chi connectivity index (χ1n) is 6.99. The van der Waals surface area contributed by atoms with Crippen LogP contribution in [0.2, 0.25) is 0 Å². The second-order valence-corrected chi connectivity index (χ2v) is 5.58. The maximum absolute atomic E-state index is 9.32. The van der Waals surface area contributed by atoms with E-state index in [0.717, 1.165) is 48.4 Å². The first kappa shape index (κ1) is 13.3. The van der Waals surface area contributed by atoms with E-state index < -0.39 is 0 Å². The normalized spacial score (nSPS) is 19.8. The maximum atomic E-state index is 9.32. The SMILES string of the molecule is CCc1cc(CO)cc(N2CCC(C(C)C)C2)n1. The average molecular weight is 248 g/mol. The highest BCUT2D eigenvalue weighted by molar-refractivity contribution is 5.43. The molecule has 2 rings (SSSR count). The molecule has 0 spiro atoms. The third kappa shape index (κ3) is 2.83. The van der Waals surface area contributed by atoms with Gasteiger partial charge in [-0.25, -0.2) is 4.98 Å². The van der Waals surface area contributed by atoms with Gasteiger partial charge < -0.3 is 10.0 Å². The van der Waals surface area contributed by atoms with E-state index in [1.165, 1.54) is 6.42 Å². The van der Waals surface area contributed by atoms with Gasteiger partial charge in [-0.15, -0.1) is 0 Å². The first-order chi connectivity index (χ1) is 8.63. The number of aromatic nitrogens is 1. The van der Waals surface area contributed by atoms with Gasteiger partial charge >= 0.3 is 0 Å². The Morgan fingerprint density at radius 1 is 1.44 bits per heavy atom. The van der Waals surface area contributed by atoms with Crippen LogP contribution in [-0.2, 0) is 13.0 Å². The summed E-state index contributed by atoms with van der Waals surface area (Å²) in [4.78, 5) is 7.05. The van der Waals surface area contributed by atoms with E-state index in [4.69, 9.17) is 4.98 Å². The molecule has 0 aliphatic carbocycles. The lowest BCUT2D eigenvalue weighted by Gasteiger charge is -2.20. The summed E-state index contributed by atoms with van der Waals surface area (Å²) in [6, 6.07) is 4.03. The summed E-state index contributed by atoms with van der Waals surface area (Å²) < 4.78 is 0. The molecular formula is C15H24N2O. The van der Waals surface area contributed by atoms with Crippen molar-refractivity contribution in [2.75, 3.05) is 18.0 Å². The molecule has 1 fully saturated rings. The summed E-state index contributed by atoms with van der Waals surface area (Å²) in [5, 5.41) is 9.32. The lowest BCUT2D eigenvalue weighted by atomic mass is 9.95. The van der Waals surface area contributed by atoms with Crippen LogP contribution in [0.15, 0.2) is 12.1 Å². The third-order valence-electron chi connectivity index (χ3n) is 3.96. The second kappa shape index (κ2) is 5.70. The molecule has 0 saturated carbocycles. The molecule has 1 aromatic heterocycles. The molecule has 1 aliphatic heterocycles. The van der Waals surface area contributed by atoms with Gasteiger partial charge in [-0.3, -0.25) is 0 Å². The van der Waals surface area contributed by atoms with E-state index in [1.807, 2.05) is 12.1 Å². The lowest BCUT2D eigenvalue weighted by Crippen LogP contribution is -2.22. The number of hydrogen-bond acceptors (Lipinski definition) is 3. The Kier molecular flexibility index (Phi) is 4.23. The van der Waals surface area contributed by atoms with E-state index >= 15 is 0 Å². The number of pyridine rings is 1. The fourth-order valence-corrected chi connectivity index (χ4v) is 2.61. The Balaban J connectivity index is 2.18. The van der Waals surface area contributed by atoms with Gasteiger partial charge in [-0.05, 0) is 42.4 Å². The van der Waals surface area contributed by atoms with Gasteiger partial charge in [0, 0.05) is 18.8 Å². The highest BCUT2D eigenvalue weighted by Gasteiger charge is 2.25. The summed E-state index contributed by atoms with van der Waals surface area (Å²) in [6.07, 6.45) is 2.17. The number of hydrogen-bond donors (Lipinski definition) is 1. The zero-order valence-corrected chi connectivity index (χ0v) is 11.7. The standard InChI is InChI=1S/C15H24N2O/c1-4-14-7-12(10-18)8-15(16-14)17-6-5-13(9-17)11(2)3/h7-8,11,13,18H,4-6,9-10H2,1-3H3. The smallest absolute Gasteiger partial charge is 0.129 e. The summed E-state index contributed by atoms with van der Waals surface area (Å²) in [6.45, 7) is 8.99. The molecule has 2 heterocycles. The minimum Gasteiger partial charge on any atom is -0.392 e. The van der Waals surface area contributed by atoms with Crippen LogP contribution in [0.25, 0.3) is 0 Å². The molecule has 18 heavy (non-hydrogen) atoms. The van der Waals surface area contributed by atoms with Crippen molar-refractivity contribution in [3.63, 3.8) is 0 Å². The van der Waals surface area contributed by atoms with Gasteiger partial charge in [-0.2, -0.15) is 0 Å². The zero-order chi connectivity index (χ0) is 13.1. The van der Waals surface area contributed by atoms with Crippen LogP contribution in [0.4, 0.5) is 5.82 Å². The minimum atomic E-state index is 0.101. The van der Waals surface area contributed by atoms with E-state index in [1.54, 1.807) is 0 Å². The number of aliphatic hydroxyl groups is 1. The summed E-state index contributed by atoms with van der Waals surface area (Å²) >= 11 is 0. The van der Waals surface area contributed by atoms with Gasteiger partial charge in [-0.1, -0.05) is 20.8 Å². The maximum Gasteiger partial charge on any atom is 0.129 e. The number of aryl methyl sites for hydroxylation is 1. The molecule has 0 amide bonds. The molecule has 1 aromatic rings. The largest absolute Gasteiger partial charge is 0.392 e. The highest BCUT2D eigenvalue weighted by atomic mass is 16.3. The quantitative estimate of drug-likeness (QED) is 0.890. The average Bonchev–Trinajstić information content (AvgIpc) is 2.87. The third-order valence-corrected chi connectivity index (χ3v) is 3.96. The van der Waals surface area contributed by atoms with E-state index in [2.05, 4.69) is 25.7 Å². The van der Waals surface area contributed by atoms with Gasteiger partial charge in [0.1, 0.15) is 5.82 Å². The van der Waals surface area contributed by atoms with Crippen molar-refractivity contribution in [1.82, 2.24) is 4.98 Å². The van der Waals surface area contributed by atoms with Crippen molar-refractivity contribution in [2.45, 2.75) is 40.2 Å². The Hall–Kier alpha value is -1.09. The minimum absolute atomic E-state index is 0.101. The fraction of sp³-hybridized carbons (Fsp3) is 0.667. The molecule has 0 aromatic carbocycles. The number of aliphatic hydroxyl groups excluding tert-OH is 1. The molecule has 0 bridgehead atoms. The van der Waals surface area contributed by atoms with Gasteiger partial charge in [0.05, 0.1) is 6.61 Å². The van der Waals surface area contributed by atoms with Crippen LogP contribution in [0.5, 0.6) is 0 Å². The van der Waals surface area contributed by atoms with E-state index in [0.29, 0.717) is 0 Å². The van der Waals surface area contributed by atoms with E-state index in [9.17, 15) is 5.11 Å². The number of rotatable bonds is 4. The Morgan fingerprint density at radius 3 is 2.78 bits per heavy atom. The van der Waals surface area contributed by atoms with Crippen molar-refractivity contribution in [3.05, 3.63) is 23.4 Å². The number of anilines is 1. The second-order valence-electron chi connectivity index (χ2n) is 5.58. The Labute approximate surface area is 110 Å². The molecule has 100 valence electrons. The molecule has 1 atom stereocenters. The number of nitrogens with zero attached hydrogens (tertiary/aromatic N) is 2. The van der Waals surface area contributed by atoms with Crippen molar-refractivity contribution < 1.29 is 5.11 Å². The highest BCUT2D eigenvalue weighted by Crippen LogP contribution is 2.28. The Morgan fingerprint density at radius 2 is 2.22 bits per heavy atom. The van der Waals surface area contributed by atoms with Crippen molar-refractivity contribution in [3.8, 4) is 0 Å². The summed E-state index contributed by atoms with van der Waals surface area (Å²) in [7, 11) is 0. The molecule has 1 saturated heterocycles. The molecular weight excluding hydrogens is 224 g/mol. The topological polar surface area (TPSA) is 36.4 Å². The van der Waals surface area contributed by atoms with Crippen LogP contribution in [0, 0.1) is 11.8 Å². The van der Waals surface area contributed by atoms with Gasteiger partial charge in [0.25, 0.3) is 0 Å². The first-order valence-corrected chi connectivity index (χ1v) is 6.99. The van der Waals surface area contributed by atoms with Crippen LogP contribution >= 0.6 is 0 Å². The monoisotopic (exact) mass is 248 g/mol. The summed E-state index contributed by atoms with van der Waals surface area (Å²) in [5.41, 5.74) is 2.05.